The van der Waals surface area contributed by atoms with Crippen molar-refractivity contribution in [1.82, 2.24) is 0 Å². The highest BCUT2D eigenvalue weighted by Crippen LogP contribution is 2.25. The summed E-state index contributed by atoms with van der Waals surface area (Å²) in [5.41, 5.74) is 0. The van der Waals surface area contributed by atoms with E-state index in [9.17, 15) is 9.59 Å². The van der Waals surface area contributed by atoms with Gasteiger partial charge in [-0.3, -0.25) is 9.59 Å². The quantitative estimate of drug-likeness (QED) is 0.542. The Balaban J connectivity index is 2.38. The molecule has 4 heteroatoms. The van der Waals surface area contributed by atoms with Gasteiger partial charge in [-0.05, 0) is 12.8 Å². The lowest BCUT2D eigenvalue weighted by molar-refractivity contribution is -0.151. The molecule has 0 spiro atoms. The van der Waals surface area contributed by atoms with E-state index in [1.807, 2.05) is 6.08 Å². The Labute approximate surface area is 95.6 Å². The summed E-state index contributed by atoms with van der Waals surface area (Å²) >= 11 is 0. The minimum absolute atomic E-state index is 0.0712. The van der Waals surface area contributed by atoms with Crippen LogP contribution in [-0.2, 0) is 19.1 Å². The topological polar surface area (TPSA) is 52.6 Å². The molecule has 0 aromatic carbocycles. The summed E-state index contributed by atoms with van der Waals surface area (Å²) in [6.45, 7) is 3.21. The van der Waals surface area contributed by atoms with Crippen LogP contribution in [0, 0.1) is 5.92 Å². The number of esters is 2. The number of rotatable bonds is 4. The van der Waals surface area contributed by atoms with Crippen molar-refractivity contribution in [3.8, 4) is 0 Å². The molecule has 0 aromatic rings. The van der Waals surface area contributed by atoms with Crippen LogP contribution in [-0.4, -0.2) is 24.6 Å². The van der Waals surface area contributed by atoms with Gasteiger partial charge in [0.05, 0.1) is 6.61 Å². The second kappa shape index (κ2) is 6.30. The summed E-state index contributed by atoms with van der Waals surface area (Å²) < 4.78 is 10.1. The first-order chi connectivity index (χ1) is 7.59. The van der Waals surface area contributed by atoms with Crippen LogP contribution in [0.2, 0.25) is 0 Å². The van der Waals surface area contributed by atoms with Crippen molar-refractivity contribution in [2.75, 3.05) is 6.61 Å². The lowest BCUT2D eigenvalue weighted by Gasteiger charge is -2.27. The fraction of sp³-hybridized carbons (Fsp3) is 0.667. The maximum Gasteiger partial charge on any atom is 0.302 e. The lowest BCUT2D eigenvalue weighted by Crippen LogP contribution is -2.28. The van der Waals surface area contributed by atoms with E-state index >= 15 is 0 Å². The molecule has 0 radical (unpaired) electrons. The monoisotopic (exact) mass is 226 g/mol. The van der Waals surface area contributed by atoms with Crippen LogP contribution < -0.4 is 0 Å². The molecule has 0 aromatic heterocycles. The maximum atomic E-state index is 10.9. The third-order valence-electron chi connectivity index (χ3n) is 2.61. The van der Waals surface area contributed by atoms with E-state index in [4.69, 9.17) is 9.47 Å². The molecular weight excluding hydrogens is 208 g/mol. The molecule has 0 amide bonds. The van der Waals surface area contributed by atoms with Crippen molar-refractivity contribution in [3.63, 3.8) is 0 Å². The highest BCUT2D eigenvalue weighted by molar-refractivity contribution is 5.66. The van der Waals surface area contributed by atoms with Crippen molar-refractivity contribution >= 4 is 11.9 Å². The van der Waals surface area contributed by atoms with Crippen molar-refractivity contribution in [2.45, 2.75) is 39.2 Å². The van der Waals surface area contributed by atoms with Gasteiger partial charge in [-0.25, -0.2) is 0 Å². The second-order valence-electron chi connectivity index (χ2n) is 3.98. The molecule has 4 nitrogen and oxygen atoms in total. The number of carbonyl (C=O) groups excluding carboxylic acids is 2. The van der Waals surface area contributed by atoms with E-state index in [1.165, 1.54) is 13.8 Å². The zero-order chi connectivity index (χ0) is 12.0. The average molecular weight is 226 g/mol. The van der Waals surface area contributed by atoms with Crippen LogP contribution in [0.3, 0.4) is 0 Å². The number of carbonyl (C=O) groups is 2. The summed E-state index contributed by atoms with van der Waals surface area (Å²) in [6.07, 6.45) is 6.40. The summed E-state index contributed by atoms with van der Waals surface area (Å²) in [7, 11) is 0. The van der Waals surface area contributed by atoms with E-state index in [0.717, 1.165) is 19.3 Å². The van der Waals surface area contributed by atoms with Gasteiger partial charge < -0.3 is 9.47 Å². The fourth-order valence-corrected chi connectivity index (χ4v) is 1.86. The van der Waals surface area contributed by atoms with E-state index in [2.05, 4.69) is 6.08 Å². The molecule has 1 aliphatic rings. The molecule has 0 N–H and O–H groups in total. The Morgan fingerprint density at radius 3 is 2.50 bits per heavy atom. The molecule has 0 fully saturated rings. The van der Waals surface area contributed by atoms with Crippen LogP contribution in [0.5, 0.6) is 0 Å². The molecule has 90 valence electrons. The molecule has 1 aliphatic carbocycles. The predicted octanol–water partition coefficient (Wildman–Crippen LogP) is 1.84. The smallest absolute Gasteiger partial charge is 0.302 e. The Bertz CT molecular complexity index is 283. The third-order valence-corrected chi connectivity index (χ3v) is 2.61. The molecule has 0 saturated carbocycles. The first-order valence-electron chi connectivity index (χ1n) is 5.55. The number of ether oxygens (including phenoxy) is 2. The first kappa shape index (κ1) is 12.7. The number of allylic oxidation sites excluding steroid dienone is 1. The largest absolute Gasteiger partial charge is 0.466 e. The zero-order valence-electron chi connectivity index (χ0n) is 9.77. The van der Waals surface area contributed by atoms with Crippen LogP contribution in [0.25, 0.3) is 0 Å². The number of hydrogen-bond donors (Lipinski definition) is 0. The minimum Gasteiger partial charge on any atom is -0.466 e. The van der Waals surface area contributed by atoms with E-state index in [1.54, 1.807) is 0 Å². The van der Waals surface area contributed by atoms with Gasteiger partial charge in [-0.2, -0.15) is 0 Å². The molecule has 1 rings (SSSR count). The summed E-state index contributed by atoms with van der Waals surface area (Å²) in [6, 6.07) is 0. The van der Waals surface area contributed by atoms with Gasteiger partial charge in [0.15, 0.2) is 0 Å². The van der Waals surface area contributed by atoms with Crippen molar-refractivity contribution in [1.29, 1.82) is 0 Å². The lowest BCUT2D eigenvalue weighted by atomic mass is 9.89. The number of hydrogen-bond acceptors (Lipinski definition) is 4. The normalized spacial score (nSPS) is 23.9. The molecule has 2 atom stereocenters. The van der Waals surface area contributed by atoms with Crippen molar-refractivity contribution in [2.24, 2.45) is 5.92 Å². The summed E-state index contributed by atoms with van der Waals surface area (Å²) in [5.74, 6) is -0.263. The van der Waals surface area contributed by atoms with Gasteiger partial charge in [0.25, 0.3) is 0 Å². The minimum atomic E-state index is -0.268. The second-order valence-corrected chi connectivity index (χ2v) is 3.98. The predicted molar refractivity (Wildman–Crippen MR) is 58.7 cm³/mol. The Morgan fingerprint density at radius 1 is 1.19 bits per heavy atom. The first-order valence-corrected chi connectivity index (χ1v) is 5.55. The van der Waals surface area contributed by atoms with Gasteiger partial charge in [0.2, 0.25) is 0 Å². The Hall–Kier alpha value is -1.32. The highest BCUT2D eigenvalue weighted by atomic mass is 16.5. The van der Waals surface area contributed by atoms with Gasteiger partial charge in [-0.15, -0.1) is 0 Å². The Morgan fingerprint density at radius 2 is 1.88 bits per heavy atom. The molecule has 0 heterocycles. The maximum absolute atomic E-state index is 10.9. The van der Waals surface area contributed by atoms with Gasteiger partial charge in [-0.1, -0.05) is 12.2 Å². The summed E-state index contributed by atoms with van der Waals surface area (Å²) in [5, 5.41) is 0. The van der Waals surface area contributed by atoms with Crippen molar-refractivity contribution in [3.05, 3.63) is 12.2 Å². The van der Waals surface area contributed by atoms with E-state index in [0.29, 0.717) is 6.61 Å². The summed E-state index contributed by atoms with van der Waals surface area (Å²) in [4.78, 5) is 21.5. The molecule has 16 heavy (non-hydrogen) atoms. The molecule has 0 unspecified atom stereocenters. The van der Waals surface area contributed by atoms with Crippen LogP contribution in [0.15, 0.2) is 12.2 Å². The molecule has 0 bridgehead atoms. The van der Waals surface area contributed by atoms with Crippen molar-refractivity contribution < 1.29 is 19.1 Å². The zero-order valence-corrected chi connectivity index (χ0v) is 9.77. The SMILES string of the molecule is CC(=O)OCC[C@@H]1CC=CC[C@@H]1OC(C)=O. The van der Waals surface area contributed by atoms with E-state index < -0.39 is 0 Å². The van der Waals surface area contributed by atoms with Gasteiger partial charge in [0, 0.05) is 26.2 Å². The van der Waals surface area contributed by atoms with Gasteiger partial charge in [0.1, 0.15) is 6.10 Å². The molecule has 0 saturated heterocycles. The Kier molecular flexibility index (Phi) is 5.02. The fourth-order valence-electron chi connectivity index (χ4n) is 1.86. The van der Waals surface area contributed by atoms with Crippen LogP contribution >= 0.6 is 0 Å². The third kappa shape index (κ3) is 4.47. The molecule has 0 aliphatic heterocycles. The average Bonchev–Trinajstić information content (AvgIpc) is 2.19. The van der Waals surface area contributed by atoms with E-state index in [-0.39, 0.29) is 24.0 Å². The van der Waals surface area contributed by atoms with Gasteiger partial charge >= 0.3 is 11.9 Å². The molecular formula is C12H18O4. The highest BCUT2D eigenvalue weighted by Gasteiger charge is 2.24. The van der Waals surface area contributed by atoms with Crippen LogP contribution in [0.4, 0.5) is 0 Å². The standard InChI is InChI=1S/C12H18O4/c1-9(13)15-8-7-11-5-3-4-6-12(11)16-10(2)14/h3-4,11-12H,5-8H2,1-2H3/t11-,12-/m0/s1. The van der Waals surface area contributed by atoms with Crippen LogP contribution in [0.1, 0.15) is 33.1 Å².